The molecule has 4 aromatic carbocycles. The molecule has 10 heteroatoms. The third-order valence-corrected chi connectivity index (χ3v) is 10.2. The minimum absolute atomic E-state index is 0.0438. The smallest absolute Gasteiger partial charge is 0.200 e. The highest BCUT2D eigenvalue weighted by atomic mass is 35.5. The molecule has 0 bridgehead atoms. The van der Waals surface area contributed by atoms with E-state index in [1.165, 1.54) is 0 Å². The van der Waals surface area contributed by atoms with Crippen LogP contribution in [-0.4, -0.2) is 73.7 Å². The van der Waals surface area contributed by atoms with Crippen molar-refractivity contribution in [2.75, 3.05) is 52.4 Å². The highest BCUT2D eigenvalue weighted by Crippen LogP contribution is 2.28. The minimum Gasteiger partial charge on any atom is -0.456 e. The van der Waals surface area contributed by atoms with Crippen molar-refractivity contribution in [2.24, 2.45) is 0 Å². The maximum Gasteiger partial charge on any atom is 0.200 e. The van der Waals surface area contributed by atoms with Crippen LogP contribution in [0.2, 0.25) is 10.0 Å². The van der Waals surface area contributed by atoms with E-state index < -0.39 is 0 Å². The van der Waals surface area contributed by atoms with Gasteiger partial charge in [0.25, 0.3) is 0 Å². The number of ketones is 2. The van der Waals surface area contributed by atoms with Gasteiger partial charge < -0.3 is 15.1 Å². The SMILES string of the molecule is O=C(CCN1CCNCC1c1cccc(Cl)c1)c1ccc2oc3ccc(C(=O)CCN4CCNCC4c4cccc(Cl)c4)cc3c(=O)c2c1. The minimum atomic E-state index is -0.258. The van der Waals surface area contributed by atoms with Crippen LogP contribution < -0.4 is 16.1 Å². The van der Waals surface area contributed by atoms with E-state index in [2.05, 4.69) is 32.6 Å². The Labute approximate surface area is 295 Å². The van der Waals surface area contributed by atoms with Gasteiger partial charge >= 0.3 is 0 Å². The van der Waals surface area contributed by atoms with Gasteiger partial charge in [-0.05, 0) is 71.8 Å². The average Bonchev–Trinajstić information content (AvgIpc) is 3.13. The second-order valence-corrected chi connectivity index (χ2v) is 13.7. The Bertz CT molecular complexity index is 1940. The second-order valence-electron chi connectivity index (χ2n) is 12.8. The number of rotatable bonds is 10. The molecule has 2 saturated heterocycles. The number of nitrogens with one attached hydrogen (secondary N) is 2. The van der Waals surface area contributed by atoms with Crippen LogP contribution in [-0.2, 0) is 0 Å². The van der Waals surface area contributed by atoms with E-state index in [0.29, 0.717) is 69.0 Å². The first-order chi connectivity index (χ1) is 23.8. The zero-order valence-electron chi connectivity index (χ0n) is 27.1. The molecule has 1 aromatic heterocycles. The Kier molecular flexibility index (Phi) is 10.2. The molecule has 2 N–H and O–H groups in total. The number of carbonyl (C=O) groups excluding carboxylic acids is 2. The normalized spacial score (nSPS) is 19.0. The van der Waals surface area contributed by atoms with E-state index in [0.717, 1.165) is 50.4 Å². The van der Waals surface area contributed by atoms with Gasteiger partial charge in [0.05, 0.1) is 10.8 Å². The number of nitrogens with zero attached hydrogens (tertiary/aromatic N) is 2. The molecule has 8 nitrogen and oxygen atoms in total. The van der Waals surface area contributed by atoms with Crippen LogP contribution in [0.25, 0.3) is 21.9 Å². The zero-order chi connectivity index (χ0) is 33.9. The van der Waals surface area contributed by atoms with Crippen molar-refractivity contribution in [2.45, 2.75) is 24.9 Å². The van der Waals surface area contributed by atoms with Gasteiger partial charge in [-0.1, -0.05) is 47.5 Å². The fourth-order valence-electron chi connectivity index (χ4n) is 7.10. The lowest BCUT2D eigenvalue weighted by atomic mass is 10.00. The van der Waals surface area contributed by atoms with Crippen LogP contribution in [0.5, 0.6) is 0 Å². The molecule has 49 heavy (non-hydrogen) atoms. The molecule has 252 valence electrons. The molecule has 5 aromatic rings. The Balaban J connectivity index is 1.06. The van der Waals surface area contributed by atoms with Crippen molar-refractivity contribution in [3.63, 3.8) is 0 Å². The standard InChI is InChI=1S/C39H38Cl2N4O4/c40-29-5-1-3-25(19-29)33-23-42-13-17-44(33)15-11-35(46)27-7-9-37-31(21-27)39(48)32-22-28(8-10-38(32)49-37)36(47)12-16-45-18-14-43-24-34(45)26-4-2-6-30(41)20-26/h1-10,19-22,33-34,42-43H,11-18,23-24H2. The van der Waals surface area contributed by atoms with Crippen LogP contribution >= 0.6 is 23.2 Å². The topological polar surface area (TPSA) is 94.9 Å². The number of piperazine rings is 2. The monoisotopic (exact) mass is 696 g/mol. The first-order valence-electron chi connectivity index (χ1n) is 16.8. The van der Waals surface area contributed by atoms with Crippen LogP contribution in [0, 0.1) is 0 Å². The first-order valence-corrected chi connectivity index (χ1v) is 17.6. The van der Waals surface area contributed by atoms with Gasteiger partial charge in [0.1, 0.15) is 11.2 Å². The Morgan fingerprint density at radius 1 is 0.673 bits per heavy atom. The number of hydrogen-bond donors (Lipinski definition) is 2. The van der Waals surface area contributed by atoms with Crippen molar-refractivity contribution in [3.8, 4) is 0 Å². The van der Waals surface area contributed by atoms with Gasteiger partial charge in [-0.3, -0.25) is 24.2 Å². The molecule has 2 unspecified atom stereocenters. The lowest BCUT2D eigenvalue weighted by Crippen LogP contribution is -2.46. The highest BCUT2D eigenvalue weighted by molar-refractivity contribution is 6.30. The quantitative estimate of drug-likeness (QED) is 0.123. The van der Waals surface area contributed by atoms with E-state index in [4.69, 9.17) is 27.6 Å². The number of benzene rings is 4. The average molecular weight is 698 g/mol. The third kappa shape index (κ3) is 7.50. The molecule has 0 saturated carbocycles. The van der Waals surface area contributed by atoms with Gasteiger partial charge in [0.15, 0.2) is 11.6 Å². The van der Waals surface area contributed by atoms with Crippen molar-refractivity contribution < 1.29 is 14.0 Å². The van der Waals surface area contributed by atoms with Crippen LogP contribution in [0.15, 0.2) is 94.1 Å². The summed E-state index contributed by atoms with van der Waals surface area (Å²) in [5.41, 5.74) is 3.71. The summed E-state index contributed by atoms with van der Waals surface area (Å²) in [7, 11) is 0. The first kappa shape index (κ1) is 33.6. The highest BCUT2D eigenvalue weighted by Gasteiger charge is 2.26. The summed E-state index contributed by atoms with van der Waals surface area (Å²) in [5, 5.41) is 8.92. The summed E-state index contributed by atoms with van der Waals surface area (Å²) < 4.78 is 6.08. The number of carbonyl (C=O) groups is 2. The lowest BCUT2D eigenvalue weighted by Gasteiger charge is -2.36. The molecule has 0 spiro atoms. The molecular weight excluding hydrogens is 659 g/mol. The maximum absolute atomic E-state index is 13.8. The fraction of sp³-hybridized carbons (Fsp3) is 0.308. The van der Waals surface area contributed by atoms with Crippen molar-refractivity contribution in [3.05, 3.63) is 127 Å². The predicted molar refractivity (Wildman–Crippen MR) is 195 cm³/mol. The number of halogens is 2. The molecule has 3 heterocycles. The van der Waals surface area contributed by atoms with Crippen LogP contribution in [0.4, 0.5) is 0 Å². The van der Waals surface area contributed by atoms with Crippen molar-refractivity contribution >= 4 is 56.7 Å². The molecule has 0 amide bonds. The molecule has 7 rings (SSSR count). The Morgan fingerprint density at radius 2 is 1.14 bits per heavy atom. The van der Waals surface area contributed by atoms with E-state index in [1.807, 2.05) is 36.4 Å². The van der Waals surface area contributed by atoms with Gasteiger partial charge in [-0.15, -0.1) is 0 Å². The number of hydrogen-bond acceptors (Lipinski definition) is 8. The van der Waals surface area contributed by atoms with Gasteiger partial charge in [-0.2, -0.15) is 0 Å². The third-order valence-electron chi connectivity index (χ3n) is 9.74. The second kappa shape index (κ2) is 14.9. The summed E-state index contributed by atoms with van der Waals surface area (Å²) in [6.45, 7) is 6.05. The lowest BCUT2D eigenvalue weighted by molar-refractivity contribution is 0.0928. The molecule has 2 fully saturated rings. The molecule has 2 atom stereocenters. The Hall–Kier alpha value is -3.89. The van der Waals surface area contributed by atoms with E-state index in [1.54, 1.807) is 36.4 Å². The van der Waals surface area contributed by atoms with E-state index in [9.17, 15) is 14.4 Å². The van der Waals surface area contributed by atoms with Crippen LogP contribution in [0.1, 0.15) is 56.8 Å². The molecular formula is C39H38Cl2N4O4. The van der Waals surface area contributed by atoms with Gasteiger partial charge in [0, 0.05) is 98.5 Å². The number of fused-ring (bicyclic) bond motifs is 2. The summed E-state index contributed by atoms with van der Waals surface area (Å²) in [6, 6.07) is 26.0. The summed E-state index contributed by atoms with van der Waals surface area (Å²) in [6.07, 6.45) is 0.622. The summed E-state index contributed by atoms with van der Waals surface area (Å²) in [4.78, 5) is 45.2. The fourth-order valence-corrected chi connectivity index (χ4v) is 7.49. The van der Waals surface area contributed by atoms with E-state index >= 15 is 0 Å². The summed E-state index contributed by atoms with van der Waals surface area (Å²) >= 11 is 12.5. The van der Waals surface area contributed by atoms with Crippen molar-refractivity contribution in [1.29, 1.82) is 0 Å². The Morgan fingerprint density at radius 3 is 1.59 bits per heavy atom. The zero-order valence-corrected chi connectivity index (χ0v) is 28.6. The molecule has 0 radical (unpaired) electrons. The maximum atomic E-state index is 13.8. The number of Topliss-reactive ketones (excluding diaryl/α,β-unsaturated/α-hetero) is 2. The largest absolute Gasteiger partial charge is 0.456 e. The van der Waals surface area contributed by atoms with Gasteiger partial charge in [0.2, 0.25) is 5.43 Å². The van der Waals surface area contributed by atoms with Crippen molar-refractivity contribution in [1.82, 2.24) is 20.4 Å². The predicted octanol–water partition coefficient (Wildman–Crippen LogP) is 6.69. The van der Waals surface area contributed by atoms with E-state index in [-0.39, 0.29) is 29.1 Å². The summed E-state index contributed by atoms with van der Waals surface area (Å²) in [5.74, 6) is -0.0876. The van der Waals surface area contributed by atoms with Gasteiger partial charge in [-0.25, -0.2) is 0 Å². The molecule has 2 aliphatic rings. The molecule has 2 aliphatic heterocycles. The van der Waals surface area contributed by atoms with Crippen LogP contribution in [0.3, 0.4) is 0 Å². The molecule has 0 aliphatic carbocycles.